The Labute approximate surface area is 116 Å². The summed E-state index contributed by atoms with van der Waals surface area (Å²) in [4.78, 5) is 12.2. The van der Waals surface area contributed by atoms with Crippen LogP contribution in [-0.2, 0) is 14.9 Å². The number of benzene rings is 1. The second kappa shape index (κ2) is 5.85. The van der Waals surface area contributed by atoms with Crippen LogP contribution < -0.4 is 5.32 Å². The quantitative estimate of drug-likeness (QED) is 0.820. The van der Waals surface area contributed by atoms with Crippen LogP contribution in [0, 0.1) is 0 Å². The summed E-state index contributed by atoms with van der Waals surface area (Å²) in [7, 11) is 1.67. The maximum absolute atomic E-state index is 12.2. The number of hydrogen-bond donors (Lipinski definition) is 1. The van der Waals surface area contributed by atoms with Crippen molar-refractivity contribution in [3.8, 4) is 0 Å². The number of amides is 1. The third kappa shape index (κ3) is 2.93. The van der Waals surface area contributed by atoms with Crippen molar-refractivity contribution in [2.24, 2.45) is 0 Å². The lowest BCUT2D eigenvalue weighted by Crippen LogP contribution is -2.35. The fraction of sp³-hybridized carbons (Fsp3) is 0.500. The lowest BCUT2D eigenvalue weighted by molar-refractivity contribution is -0.123. The minimum absolute atomic E-state index is 0.154. The number of carbonyl (C=O) groups excluding carboxylic acids is 1. The Bertz CT molecular complexity index is 412. The summed E-state index contributed by atoms with van der Waals surface area (Å²) in [5.74, 6) is 0.154. The molecule has 0 bridgehead atoms. The molecule has 98 valence electrons. The van der Waals surface area contributed by atoms with Crippen molar-refractivity contribution >= 4 is 21.8 Å². The highest BCUT2D eigenvalue weighted by atomic mass is 79.9. The molecule has 0 saturated heterocycles. The highest BCUT2D eigenvalue weighted by Gasteiger charge is 2.50. The van der Waals surface area contributed by atoms with E-state index in [1.54, 1.807) is 7.11 Å². The first-order valence-electron chi connectivity index (χ1n) is 6.22. The molecular formula is C14H18BrNO2. The largest absolute Gasteiger partial charge is 0.385 e. The van der Waals surface area contributed by atoms with Crippen LogP contribution in [0.3, 0.4) is 0 Å². The van der Waals surface area contributed by atoms with E-state index in [-0.39, 0.29) is 11.3 Å². The van der Waals surface area contributed by atoms with Gasteiger partial charge in [0.15, 0.2) is 0 Å². The van der Waals surface area contributed by atoms with Crippen molar-refractivity contribution in [3.05, 3.63) is 34.3 Å². The summed E-state index contributed by atoms with van der Waals surface area (Å²) >= 11 is 3.41. The standard InChI is InChI=1S/C14H18BrNO2/c1-18-10-2-9-16-13(17)14(7-8-14)11-3-5-12(15)6-4-11/h3-6H,2,7-10H2,1H3,(H,16,17). The molecule has 0 spiro atoms. The number of hydrogen-bond acceptors (Lipinski definition) is 2. The van der Waals surface area contributed by atoms with Gasteiger partial charge in [-0.2, -0.15) is 0 Å². The summed E-state index contributed by atoms with van der Waals surface area (Å²) in [5, 5.41) is 3.00. The first-order valence-corrected chi connectivity index (χ1v) is 7.02. The highest BCUT2D eigenvalue weighted by molar-refractivity contribution is 9.10. The number of methoxy groups -OCH3 is 1. The Balaban J connectivity index is 1.94. The molecule has 1 aromatic rings. The van der Waals surface area contributed by atoms with Gasteiger partial charge in [-0.1, -0.05) is 28.1 Å². The van der Waals surface area contributed by atoms with Gasteiger partial charge in [0.05, 0.1) is 5.41 Å². The molecule has 1 saturated carbocycles. The van der Waals surface area contributed by atoms with E-state index in [1.165, 1.54) is 0 Å². The smallest absolute Gasteiger partial charge is 0.230 e. The van der Waals surface area contributed by atoms with Gasteiger partial charge in [0.25, 0.3) is 0 Å². The van der Waals surface area contributed by atoms with Crippen LogP contribution >= 0.6 is 15.9 Å². The van der Waals surface area contributed by atoms with E-state index in [9.17, 15) is 4.79 Å². The van der Waals surface area contributed by atoms with Crippen molar-refractivity contribution in [1.82, 2.24) is 5.32 Å². The van der Waals surface area contributed by atoms with Crippen molar-refractivity contribution < 1.29 is 9.53 Å². The zero-order valence-electron chi connectivity index (χ0n) is 10.5. The molecule has 0 unspecified atom stereocenters. The van der Waals surface area contributed by atoms with Crippen LogP contribution in [0.1, 0.15) is 24.8 Å². The number of rotatable bonds is 6. The van der Waals surface area contributed by atoms with Gasteiger partial charge in [0.2, 0.25) is 5.91 Å². The lowest BCUT2D eigenvalue weighted by Gasteiger charge is -2.15. The van der Waals surface area contributed by atoms with Crippen LogP contribution in [0.2, 0.25) is 0 Å². The van der Waals surface area contributed by atoms with E-state index in [0.29, 0.717) is 13.2 Å². The molecule has 0 atom stereocenters. The van der Waals surface area contributed by atoms with Crippen LogP contribution in [-0.4, -0.2) is 26.2 Å². The summed E-state index contributed by atoms with van der Waals surface area (Å²) in [6.07, 6.45) is 2.76. The molecule has 1 aliphatic rings. The fourth-order valence-electron chi connectivity index (χ4n) is 2.13. The summed E-state index contributed by atoms with van der Waals surface area (Å²) in [5.41, 5.74) is 0.850. The van der Waals surface area contributed by atoms with Gasteiger partial charge in [-0.15, -0.1) is 0 Å². The van der Waals surface area contributed by atoms with Gasteiger partial charge in [0, 0.05) is 24.7 Å². The van der Waals surface area contributed by atoms with Gasteiger partial charge in [-0.25, -0.2) is 0 Å². The van der Waals surface area contributed by atoms with E-state index in [4.69, 9.17) is 4.74 Å². The SMILES string of the molecule is COCCCNC(=O)C1(c2ccc(Br)cc2)CC1. The average molecular weight is 312 g/mol. The third-order valence-electron chi connectivity index (χ3n) is 3.39. The fourth-order valence-corrected chi connectivity index (χ4v) is 2.39. The van der Waals surface area contributed by atoms with E-state index in [1.807, 2.05) is 24.3 Å². The number of ether oxygens (including phenoxy) is 1. The van der Waals surface area contributed by atoms with Crippen LogP contribution in [0.5, 0.6) is 0 Å². The molecule has 18 heavy (non-hydrogen) atoms. The van der Waals surface area contributed by atoms with Crippen LogP contribution in [0.15, 0.2) is 28.7 Å². The molecule has 0 aromatic heterocycles. The van der Waals surface area contributed by atoms with Gasteiger partial charge in [0.1, 0.15) is 0 Å². The molecule has 4 heteroatoms. The van der Waals surface area contributed by atoms with Crippen LogP contribution in [0.4, 0.5) is 0 Å². The molecule has 1 aliphatic carbocycles. The molecular weight excluding hydrogens is 294 g/mol. The van der Waals surface area contributed by atoms with Crippen LogP contribution in [0.25, 0.3) is 0 Å². The second-order valence-electron chi connectivity index (χ2n) is 4.69. The second-order valence-corrected chi connectivity index (χ2v) is 5.61. The summed E-state index contributed by atoms with van der Waals surface area (Å²) in [6.45, 7) is 1.37. The Morgan fingerprint density at radius 1 is 1.39 bits per heavy atom. The number of carbonyl (C=O) groups is 1. The van der Waals surface area contributed by atoms with Crippen molar-refractivity contribution in [2.75, 3.05) is 20.3 Å². The zero-order chi connectivity index (χ0) is 13.0. The Kier molecular flexibility index (Phi) is 4.40. The average Bonchev–Trinajstić information content (AvgIpc) is 3.17. The van der Waals surface area contributed by atoms with Crippen molar-refractivity contribution in [3.63, 3.8) is 0 Å². The minimum Gasteiger partial charge on any atom is -0.385 e. The Morgan fingerprint density at radius 3 is 2.61 bits per heavy atom. The first-order chi connectivity index (χ1) is 8.69. The van der Waals surface area contributed by atoms with Gasteiger partial charge in [-0.05, 0) is 37.0 Å². The number of nitrogens with one attached hydrogen (secondary N) is 1. The molecule has 1 fully saturated rings. The van der Waals surface area contributed by atoms with Gasteiger partial charge < -0.3 is 10.1 Å². The normalized spacial score (nSPS) is 16.3. The van der Waals surface area contributed by atoms with Gasteiger partial charge >= 0.3 is 0 Å². The third-order valence-corrected chi connectivity index (χ3v) is 3.92. The molecule has 0 radical (unpaired) electrons. The molecule has 1 aromatic carbocycles. The first kappa shape index (κ1) is 13.6. The van der Waals surface area contributed by atoms with E-state index >= 15 is 0 Å². The zero-order valence-corrected chi connectivity index (χ0v) is 12.1. The molecule has 1 N–H and O–H groups in total. The molecule has 1 amide bonds. The topological polar surface area (TPSA) is 38.3 Å². The van der Waals surface area contributed by atoms with Gasteiger partial charge in [-0.3, -0.25) is 4.79 Å². The number of halogens is 1. The molecule has 0 aliphatic heterocycles. The minimum atomic E-state index is -0.270. The summed E-state index contributed by atoms with van der Waals surface area (Å²) < 4.78 is 6.01. The molecule has 2 rings (SSSR count). The predicted molar refractivity (Wildman–Crippen MR) is 74.6 cm³/mol. The van der Waals surface area contributed by atoms with Crippen molar-refractivity contribution in [1.29, 1.82) is 0 Å². The Hall–Kier alpha value is -0.870. The molecule has 3 nitrogen and oxygen atoms in total. The van der Waals surface area contributed by atoms with E-state index in [2.05, 4.69) is 21.2 Å². The Morgan fingerprint density at radius 2 is 2.06 bits per heavy atom. The van der Waals surface area contributed by atoms with E-state index in [0.717, 1.165) is 29.3 Å². The van der Waals surface area contributed by atoms with E-state index < -0.39 is 0 Å². The maximum Gasteiger partial charge on any atom is 0.230 e. The lowest BCUT2D eigenvalue weighted by atomic mass is 9.95. The highest BCUT2D eigenvalue weighted by Crippen LogP contribution is 2.48. The maximum atomic E-state index is 12.2. The predicted octanol–water partition coefficient (Wildman–Crippen LogP) is 2.63. The monoisotopic (exact) mass is 311 g/mol. The molecule has 0 heterocycles. The van der Waals surface area contributed by atoms with Crippen molar-refractivity contribution in [2.45, 2.75) is 24.7 Å². The summed E-state index contributed by atoms with van der Waals surface area (Å²) in [6, 6.07) is 8.05.